The average molecular weight is 411 g/mol. The normalized spacial score (nSPS) is 36.2. The molecule has 29 heavy (non-hydrogen) atoms. The van der Waals surface area contributed by atoms with Gasteiger partial charge in [0.1, 0.15) is 17.6 Å². The highest BCUT2D eigenvalue weighted by Gasteiger charge is 2.79. The Morgan fingerprint density at radius 2 is 2.07 bits per heavy atom. The van der Waals surface area contributed by atoms with Crippen molar-refractivity contribution in [3.63, 3.8) is 0 Å². The van der Waals surface area contributed by atoms with E-state index in [1.807, 2.05) is 13.8 Å². The van der Waals surface area contributed by atoms with E-state index < -0.39 is 41.1 Å². The van der Waals surface area contributed by atoms with Crippen molar-refractivity contribution in [2.45, 2.75) is 83.1 Å². The van der Waals surface area contributed by atoms with Gasteiger partial charge >= 0.3 is 5.97 Å². The zero-order valence-corrected chi connectivity index (χ0v) is 17.9. The number of carbonyl (C=O) groups is 3. The number of esters is 1. The van der Waals surface area contributed by atoms with Crippen molar-refractivity contribution in [3.05, 3.63) is 0 Å². The molecule has 0 aliphatic carbocycles. The highest BCUT2D eigenvalue weighted by molar-refractivity contribution is 5.98. The molecular weight excluding hydrogens is 376 g/mol. The zero-order valence-electron chi connectivity index (χ0n) is 17.9. The van der Waals surface area contributed by atoms with Crippen molar-refractivity contribution in [2.75, 3.05) is 19.8 Å². The lowest BCUT2D eigenvalue weighted by molar-refractivity contribution is -0.161. The molecule has 3 saturated heterocycles. The number of likely N-dealkylation sites (tertiary alicyclic amines) is 1. The lowest BCUT2D eigenvalue weighted by atomic mass is 9.65. The van der Waals surface area contributed by atoms with Crippen LogP contribution >= 0.6 is 0 Å². The molecule has 6 atom stereocenters. The molecule has 8 heteroatoms. The Hall–Kier alpha value is -1.67. The largest absolute Gasteiger partial charge is 0.466 e. The SMILES string of the molecule is CCCCNC(=O)C1N([C@H](C)CO)C(=O)[C@@H]2[C@H](C(=O)OCC)[C@]3(CC)CCC12O3. The Balaban J connectivity index is 2.03. The first kappa shape index (κ1) is 22.0. The van der Waals surface area contributed by atoms with E-state index in [9.17, 15) is 19.5 Å². The van der Waals surface area contributed by atoms with Gasteiger partial charge in [0.2, 0.25) is 11.8 Å². The molecule has 3 rings (SSSR count). The maximum absolute atomic E-state index is 13.5. The van der Waals surface area contributed by atoms with Gasteiger partial charge in [-0.1, -0.05) is 20.3 Å². The number of hydrogen-bond donors (Lipinski definition) is 2. The summed E-state index contributed by atoms with van der Waals surface area (Å²) >= 11 is 0. The molecule has 0 aromatic rings. The van der Waals surface area contributed by atoms with Crippen LogP contribution in [0.4, 0.5) is 0 Å². The van der Waals surface area contributed by atoms with Gasteiger partial charge in [-0.05, 0) is 39.5 Å². The molecule has 1 spiro atoms. The maximum Gasteiger partial charge on any atom is 0.312 e. The van der Waals surface area contributed by atoms with E-state index in [0.717, 1.165) is 12.8 Å². The number of nitrogens with zero attached hydrogens (tertiary/aromatic N) is 1. The topological polar surface area (TPSA) is 105 Å². The van der Waals surface area contributed by atoms with E-state index in [1.54, 1.807) is 13.8 Å². The number of amides is 2. The number of rotatable bonds is 9. The molecule has 3 fully saturated rings. The van der Waals surface area contributed by atoms with Crippen LogP contribution in [0.25, 0.3) is 0 Å². The second-order valence-corrected chi connectivity index (χ2v) is 8.51. The van der Waals surface area contributed by atoms with Crippen LogP contribution < -0.4 is 5.32 Å². The molecule has 2 bridgehead atoms. The minimum Gasteiger partial charge on any atom is -0.466 e. The zero-order chi connectivity index (χ0) is 21.4. The second kappa shape index (κ2) is 8.22. The molecule has 0 radical (unpaired) electrons. The number of nitrogens with one attached hydrogen (secondary N) is 1. The number of unbranched alkanes of at least 4 members (excludes halogenated alkanes) is 1. The standard InChI is InChI=1S/C21H34N2O6/c1-5-8-11-22-17(25)16-21-10-9-20(6-2,29-21)15(19(27)28-7-3)14(21)18(26)23(16)13(4)12-24/h13-16,24H,5-12H2,1-4H3,(H,22,25)/t13-,14+,15-,16?,20+,21?/m1/s1. The number of aliphatic hydroxyl groups is 1. The summed E-state index contributed by atoms with van der Waals surface area (Å²) < 4.78 is 11.8. The van der Waals surface area contributed by atoms with Gasteiger partial charge in [0, 0.05) is 6.54 Å². The van der Waals surface area contributed by atoms with Crippen molar-refractivity contribution >= 4 is 17.8 Å². The van der Waals surface area contributed by atoms with Gasteiger partial charge in [0.05, 0.1) is 30.8 Å². The molecule has 0 saturated carbocycles. The first-order valence-corrected chi connectivity index (χ1v) is 10.9. The number of hydrogen-bond acceptors (Lipinski definition) is 6. The third-order valence-electron chi connectivity index (χ3n) is 6.98. The van der Waals surface area contributed by atoms with Gasteiger partial charge in [-0.3, -0.25) is 14.4 Å². The number of ether oxygens (including phenoxy) is 2. The van der Waals surface area contributed by atoms with Crippen LogP contribution in [0.1, 0.15) is 59.8 Å². The van der Waals surface area contributed by atoms with Crippen molar-refractivity contribution in [3.8, 4) is 0 Å². The number of aliphatic hydroxyl groups excluding tert-OH is 1. The fourth-order valence-corrected chi connectivity index (χ4v) is 5.59. The molecule has 0 aromatic heterocycles. The smallest absolute Gasteiger partial charge is 0.312 e. The quantitative estimate of drug-likeness (QED) is 0.434. The monoisotopic (exact) mass is 410 g/mol. The summed E-state index contributed by atoms with van der Waals surface area (Å²) in [6.45, 7) is 7.90. The van der Waals surface area contributed by atoms with Crippen LogP contribution in [0.2, 0.25) is 0 Å². The Kier molecular flexibility index (Phi) is 6.24. The van der Waals surface area contributed by atoms with Gasteiger partial charge < -0.3 is 24.8 Å². The predicted octanol–water partition coefficient (Wildman–Crippen LogP) is 1.00. The van der Waals surface area contributed by atoms with Gasteiger partial charge in [0.25, 0.3) is 0 Å². The van der Waals surface area contributed by atoms with Crippen molar-refractivity contribution in [1.29, 1.82) is 0 Å². The molecule has 2 amide bonds. The fraction of sp³-hybridized carbons (Fsp3) is 0.857. The molecule has 2 N–H and O–H groups in total. The summed E-state index contributed by atoms with van der Waals surface area (Å²) in [7, 11) is 0. The molecule has 3 aliphatic rings. The Morgan fingerprint density at radius 3 is 2.66 bits per heavy atom. The van der Waals surface area contributed by atoms with E-state index in [2.05, 4.69) is 5.32 Å². The number of fused-ring (bicyclic) bond motifs is 1. The highest BCUT2D eigenvalue weighted by Crippen LogP contribution is 2.64. The maximum atomic E-state index is 13.5. The van der Waals surface area contributed by atoms with Crippen LogP contribution in [-0.4, -0.2) is 70.8 Å². The van der Waals surface area contributed by atoms with Gasteiger partial charge in [-0.25, -0.2) is 0 Å². The molecule has 164 valence electrons. The number of carbonyl (C=O) groups excluding carboxylic acids is 3. The summed E-state index contributed by atoms with van der Waals surface area (Å²) in [6.07, 6.45) is 3.49. The van der Waals surface area contributed by atoms with E-state index in [-0.39, 0.29) is 25.0 Å². The minimum atomic E-state index is -1.05. The van der Waals surface area contributed by atoms with Crippen LogP contribution in [0, 0.1) is 11.8 Å². The van der Waals surface area contributed by atoms with Gasteiger partial charge in [0.15, 0.2) is 0 Å². The van der Waals surface area contributed by atoms with Crippen molar-refractivity contribution < 1.29 is 29.0 Å². The fourth-order valence-electron chi connectivity index (χ4n) is 5.59. The van der Waals surface area contributed by atoms with Gasteiger partial charge in [-0.2, -0.15) is 0 Å². The van der Waals surface area contributed by atoms with Crippen LogP contribution in [-0.2, 0) is 23.9 Å². The molecule has 3 heterocycles. The van der Waals surface area contributed by atoms with Gasteiger partial charge in [-0.15, -0.1) is 0 Å². The minimum absolute atomic E-state index is 0.223. The third kappa shape index (κ3) is 3.15. The Bertz CT molecular complexity index is 670. The first-order chi connectivity index (χ1) is 13.8. The molecule has 0 aromatic carbocycles. The van der Waals surface area contributed by atoms with Crippen molar-refractivity contribution in [2.24, 2.45) is 11.8 Å². The molecule has 3 aliphatic heterocycles. The second-order valence-electron chi connectivity index (χ2n) is 8.51. The summed E-state index contributed by atoms with van der Waals surface area (Å²) in [5, 5.41) is 12.7. The highest BCUT2D eigenvalue weighted by atomic mass is 16.6. The van der Waals surface area contributed by atoms with Crippen LogP contribution in [0.5, 0.6) is 0 Å². The van der Waals surface area contributed by atoms with E-state index in [4.69, 9.17) is 9.47 Å². The molecule has 2 unspecified atom stereocenters. The molecule has 8 nitrogen and oxygen atoms in total. The summed E-state index contributed by atoms with van der Waals surface area (Å²) in [5.74, 6) is -2.49. The Morgan fingerprint density at radius 1 is 1.34 bits per heavy atom. The third-order valence-corrected chi connectivity index (χ3v) is 6.98. The average Bonchev–Trinajstić information content (AvgIpc) is 3.31. The lowest BCUT2D eigenvalue weighted by Gasteiger charge is -2.36. The Labute approximate surface area is 172 Å². The van der Waals surface area contributed by atoms with E-state index in [1.165, 1.54) is 4.90 Å². The predicted molar refractivity (Wildman–Crippen MR) is 105 cm³/mol. The lowest BCUT2D eigenvalue weighted by Crippen LogP contribution is -2.57. The van der Waals surface area contributed by atoms with Crippen LogP contribution in [0.15, 0.2) is 0 Å². The summed E-state index contributed by atoms with van der Waals surface area (Å²) in [5.41, 5.74) is -1.83. The summed E-state index contributed by atoms with van der Waals surface area (Å²) in [6, 6.07) is -1.40. The van der Waals surface area contributed by atoms with Crippen LogP contribution in [0.3, 0.4) is 0 Å². The summed E-state index contributed by atoms with van der Waals surface area (Å²) in [4.78, 5) is 41.1. The van der Waals surface area contributed by atoms with Crippen molar-refractivity contribution in [1.82, 2.24) is 10.2 Å². The first-order valence-electron chi connectivity index (χ1n) is 10.9. The van der Waals surface area contributed by atoms with E-state index in [0.29, 0.717) is 25.8 Å². The van der Waals surface area contributed by atoms with E-state index >= 15 is 0 Å². The molecular formula is C21H34N2O6.